The van der Waals surface area contributed by atoms with Crippen LogP contribution < -0.4 is 0 Å². The van der Waals surface area contributed by atoms with E-state index in [9.17, 15) is 0 Å². The molecule has 0 saturated heterocycles. The van der Waals surface area contributed by atoms with Gasteiger partial charge in [-0.05, 0) is 13.3 Å². The predicted molar refractivity (Wildman–Crippen MR) is 51.2 cm³/mol. The average molecular weight is 170 g/mol. The van der Waals surface area contributed by atoms with Crippen LogP contribution in [-0.2, 0) is 9.47 Å². The van der Waals surface area contributed by atoms with Gasteiger partial charge in [0.1, 0.15) is 0 Å². The topological polar surface area (TPSA) is 18.5 Å². The Kier molecular flexibility index (Phi) is 8.07. The van der Waals surface area contributed by atoms with Crippen LogP contribution in [0.2, 0.25) is 0 Å². The maximum absolute atomic E-state index is 5.35. The minimum absolute atomic E-state index is 0.243. The summed E-state index contributed by atoms with van der Waals surface area (Å²) in [6.45, 7) is 11.1. The molecule has 1 atom stereocenters. The highest BCUT2D eigenvalue weighted by Gasteiger charge is 1.99. The molecular formula is C10H18O2. The van der Waals surface area contributed by atoms with Crippen molar-refractivity contribution in [1.29, 1.82) is 0 Å². The summed E-state index contributed by atoms with van der Waals surface area (Å²) in [5.74, 6) is 0. The summed E-state index contributed by atoms with van der Waals surface area (Å²) < 4.78 is 10.6. The molecule has 0 radical (unpaired) electrons. The van der Waals surface area contributed by atoms with Gasteiger partial charge >= 0.3 is 0 Å². The van der Waals surface area contributed by atoms with E-state index in [0.29, 0.717) is 13.2 Å². The number of hydrogen-bond donors (Lipinski definition) is 0. The van der Waals surface area contributed by atoms with E-state index >= 15 is 0 Å². The Balaban J connectivity index is 3.12. The van der Waals surface area contributed by atoms with E-state index in [1.807, 2.05) is 6.92 Å². The van der Waals surface area contributed by atoms with Gasteiger partial charge in [-0.2, -0.15) is 0 Å². The van der Waals surface area contributed by atoms with Gasteiger partial charge in [-0.15, -0.1) is 13.2 Å². The summed E-state index contributed by atoms with van der Waals surface area (Å²) >= 11 is 0. The Labute approximate surface area is 74.9 Å². The standard InChI is InChI=1S/C10H18O2/c1-4-7-11-9-6-10(3)12-8-5-2/h4-5,10H,1-2,6-9H2,3H3. The molecule has 0 heterocycles. The second kappa shape index (κ2) is 8.50. The van der Waals surface area contributed by atoms with Gasteiger partial charge in [-0.3, -0.25) is 0 Å². The normalized spacial score (nSPS) is 12.4. The van der Waals surface area contributed by atoms with Crippen molar-refractivity contribution in [2.24, 2.45) is 0 Å². The third-order valence-corrected chi connectivity index (χ3v) is 1.40. The molecule has 0 aromatic rings. The Hall–Kier alpha value is -0.600. The molecule has 0 rings (SSSR count). The lowest BCUT2D eigenvalue weighted by Crippen LogP contribution is -2.11. The molecule has 0 aliphatic heterocycles. The first-order valence-corrected chi connectivity index (χ1v) is 4.22. The van der Waals surface area contributed by atoms with Crippen LogP contribution in [0.15, 0.2) is 25.3 Å². The zero-order valence-electron chi connectivity index (χ0n) is 7.79. The Morgan fingerprint density at radius 2 is 1.92 bits per heavy atom. The molecule has 1 unspecified atom stereocenters. The zero-order valence-corrected chi connectivity index (χ0v) is 7.79. The van der Waals surface area contributed by atoms with Crippen LogP contribution in [-0.4, -0.2) is 25.9 Å². The third kappa shape index (κ3) is 7.51. The first kappa shape index (κ1) is 11.4. The fourth-order valence-electron chi connectivity index (χ4n) is 0.732. The van der Waals surface area contributed by atoms with Crippen LogP contribution in [0, 0.1) is 0 Å². The van der Waals surface area contributed by atoms with E-state index in [1.54, 1.807) is 12.2 Å². The molecular weight excluding hydrogens is 152 g/mol. The molecule has 2 nitrogen and oxygen atoms in total. The van der Waals surface area contributed by atoms with Crippen molar-refractivity contribution in [3.05, 3.63) is 25.3 Å². The van der Waals surface area contributed by atoms with Gasteiger partial charge in [0.05, 0.1) is 19.3 Å². The summed E-state index contributed by atoms with van der Waals surface area (Å²) in [7, 11) is 0. The fraction of sp³-hybridized carbons (Fsp3) is 0.600. The van der Waals surface area contributed by atoms with Gasteiger partial charge in [0.2, 0.25) is 0 Å². The lowest BCUT2D eigenvalue weighted by atomic mass is 10.3. The average Bonchev–Trinajstić information content (AvgIpc) is 2.09. The zero-order chi connectivity index (χ0) is 9.23. The lowest BCUT2D eigenvalue weighted by Gasteiger charge is -2.10. The minimum Gasteiger partial charge on any atom is -0.377 e. The molecule has 2 heteroatoms. The summed E-state index contributed by atoms with van der Waals surface area (Å²) in [4.78, 5) is 0. The SMILES string of the molecule is C=CCOCCC(C)OCC=C. The van der Waals surface area contributed by atoms with Gasteiger partial charge in [0.15, 0.2) is 0 Å². The van der Waals surface area contributed by atoms with Crippen LogP contribution in [0.25, 0.3) is 0 Å². The highest BCUT2D eigenvalue weighted by molar-refractivity contribution is 4.66. The highest BCUT2D eigenvalue weighted by Crippen LogP contribution is 1.97. The molecule has 0 bridgehead atoms. The molecule has 70 valence electrons. The van der Waals surface area contributed by atoms with E-state index in [1.165, 1.54) is 0 Å². The summed E-state index contributed by atoms with van der Waals surface area (Å²) in [6.07, 6.45) is 4.66. The maximum atomic E-state index is 5.35. The number of ether oxygens (including phenoxy) is 2. The fourth-order valence-corrected chi connectivity index (χ4v) is 0.732. The van der Waals surface area contributed by atoms with Crippen molar-refractivity contribution < 1.29 is 9.47 Å². The van der Waals surface area contributed by atoms with Crippen LogP contribution in [0.1, 0.15) is 13.3 Å². The third-order valence-electron chi connectivity index (χ3n) is 1.40. The number of hydrogen-bond acceptors (Lipinski definition) is 2. The second-order valence-corrected chi connectivity index (χ2v) is 2.58. The molecule has 0 N–H and O–H groups in total. The van der Waals surface area contributed by atoms with Crippen LogP contribution in [0.5, 0.6) is 0 Å². The second-order valence-electron chi connectivity index (χ2n) is 2.58. The van der Waals surface area contributed by atoms with Crippen molar-refractivity contribution in [2.75, 3.05) is 19.8 Å². The molecule has 0 aliphatic rings. The molecule has 0 aliphatic carbocycles. The van der Waals surface area contributed by atoms with Crippen molar-refractivity contribution in [3.63, 3.8) is 0 Å². The highest BCUT2D eigenvalue weighted by atomic mass is 16.5. The van der Waals surface area contributed by atoms with Gasteiger partial charge in [-0.1, -0.05) is 12.2 Å². The van der Waals surface area contributed by atoms with E-state index in [0.717, 1.165) is 13.0 Å². The summed E-state index contributed by atoms with van der Waals surface area (Å²) in [6, 6.07) is 0. The Morgan fingerprint density at radius 1 is 1.25 bits per heavy atom. The molecule has 0 aromatic heterocycles. The van der Waals surface area contributed by atoms with Crippen LogP contribution in [0.4, 0.5) is 0 Å². The van der Waals surface area contributed by atoms with E-state index in [-0.39, 0.29) is 6.10 Å². The monoisotopic (exact) mass is 170 g/mol. The quantitative estimate of drug-likeness (QED) is 0.410. The van der Waals surface area contributed by atoms with E-state index in [4.69, 9.17) is 9.47 Å². The first-order valence-electron chi connectivity index (χ1n) is 4.22. The molecule has 0 saturated carbocycles. The van der Waals surface area contributed by atoms with Gasteiger partial charge < -0.3 is 9.47 Å². The molecule has 0 fully saturated rings. The largest absolute Gasteiger partial charge is 0.377 e. The Morgan fingerprint density at radius 3 is 2.50 bits per heavy atom. The molecule has 0 spiro atoms. The predicted octanol–water partition coefficient (Wildman–Crippen LogP) is 2.17. The molecule has 0 amide bonds. The van der Waals surface area contributed by atoms with E-state index < -0.39 is 0 Å². The van der Waals surface area contributed by atoms with Crippen LogP contribution >= 0.6 is 0 Å². The smallest absolute Gasteiger partial charge is 0.0648 e. The summed E-state index contributed by atoms with van der Waals surface area (Å²) in [5.41, 5.74) is 0. The van der Waals surface area contributed by atoms with Crippen LogP contribution in [0.3, 0.4) is 0 Å². The van der Waals surface area contributed by atoms with Gasteiger partial charge in [0.25, 0.3) is 0 Å². The molecule has 12 heavy (non-hydrogen) atoms. The molecule has 0 aromatic carbocycles. The first-order chi connectivity index (χ1) is 5.81. The Bertz CT molecular complexity index is 121. The van der Waals surface area contributed by atoms with Crippen molar-refractivity contribution in [3.8, 4) is 0 Å². The van der Waals surface area contributed by atoms with Crippen molar-refractivity contribution in [1.82, 2.24) is 0 Å². The van der Waals surface area contributed by atoms with Gasteiger partial charge in [0, 0.05) is 6.61 Å². The lowest BCUT2D eigenvalue weighted by molar-refractivity contribution is 0.0517. The van der Waals surface area contributed by atoms with E-state index in [2.05, 4.69) is 13.2 Å². The van der Waals surface area contributed by atoms with Crippen molar-refractivity contribution >= 4 is 0 Å². The minimum atomic E-state index is 0.243. The number of rotatable bonds is 8. The van der Waals surface area contributed by atoms with Gasteiger partial charge in [-0.25, -0.2) is 0 Å². The summed E-state index contributed by atoms with van der Waals surface area (Å²) in [5, 5.41) is 0. The van der Waals surface area contributed by atoms with Crippen molar-refractivity contribution in [2.45, 2.75) is 19.4 Å². The maximum Gasteiger partial charge on any atom is 0.0648 e.